The van der Waals surface area contributed by atoms with Crippen molar-refractivity contribution in [2.75, 3.05) is 5.73 Å². The van der Waals surface area contributed by atoms with Crippen LogP contribution in [0, 0.1) is 0 Å². The molecule has 0 saturated carbocycles. The summed E-state index contributed by atoms with van der Waals surface area (Å²) in [5.74, 6) is 1.69. The van der Waals surface area contributed by atoms with Gasteiger partial charge < -0.3 is 15.6 Å². The number of aliphatic hydroxyl groups is 1. The molecule has 102 valence electrons. The zero-order valence-corrected chi connectivity index (χ0v) is 11.4. The van der Waals surface area contributed by atoms with Crippen molar-refractivity contribution in [3.8, 4) is 5.75 Å². The topological polar surface area (TPSA) is 81.3 Å². The van der Waals surface area contributed by atoms with Crippen LogP contribution in [-0.4, -0.2) is 15.1 Å². The molecule has 0 spiro atoms. The third kappa shape index (κ3) is 2.56. The first kappa shape index (κ1) is 12.8. The second kappa shape index (κ2) is 5.44. The Balaban J connectivity index is 1.79. The van der Waals surface area contributed by atoms with Crippen molar-refractivity contribution in [3.05, 3.63) is 47.1 Å². The molecule has 20 heavy (non-hydrogen) atoms. The van der Waals surface area contributed by atoms with Crippen LogP contribution in [0.5, 0.6) is 5.75 Å². The number of rotatable bonds is 4. The lowest BCUT2D eigenvalue weighted by molar-refractivity contribution is 0.276. The van der Waals surface area contributed by atoms with E-state index in [0.717, 1.165) is 15.8 Å². The summed E-state index contributed by atoms with van der Waals surface area (Å²) in [6.45, 7) is 0.231. The normalized spacial score (nSPS) is 10.8. The quantitative estimate of drug-likeness (QED) is 0.769. The minimum atomic E-state index is -0.0121. The molecule has 3 rings (SSSR count). The van der Waals surface area contributed by atoms with Gasteiger partial charge in [-0.15, -0.1) is 11.3 Å². The van der Waals surface area contributed by atoms with E-state index < -0.39 is 0 Å². The van der Waals surface area contributed by atoms with Crippen molar-refractivity contribution in [2.45, 2.75) is 13.2 Å². The highest BCUT2D eigenvalue weighted by Crippen LogP contribution is 2.23. The van der Waals surface area contributed by atoms with Crippen molar-refractivity contribution in [1.82, 2.24) is 9.97 Å². The van der Waals surface area contributed by atoms with Crippen molar-refractivity contribution in [1.29, 1.82) is 0 Å². The first-order valence-electron chi connectivity index (χ1n) is 6.08. The molecule has 0 atom stereocenters. The maximum Gasteiger partial charge on any atom is 0.169 e. The van der Waals surface area contributed by atoms with Gasteiger partial charge in [0.25, 0.3) is 0 Å². The number of nitrogens with zero attached hydrogens (tertiary/aromatic N) is 2. The number of nitrogens with two attached hydrogens (primary N) is 1. The summed E-state index contributed by atoms with van der Waals surface area (Å²) in [5, 5.41) is 11.9. The maximum atomic E-state index is 9.08. The first-order valence-corrected chi connectivity index (χ1v) is 6.96. The average Bonchev–Trinajstić information content (AvgIpc) is 2.94. The smallest absolute Gasteiger partial charge is 0.169 e. The molecule has 0 aliphatic rings. The molecular weight excluding hydrogens is 274 g/mol. The maximum absolute atomic E-state index is 9.08. The van der Waals surface area contributed by atoms with Crippen molar-refractivity contribution in [3.63, 3.8) is 0 Å². The fourth-order valence-electron chi connectivity index (χ4n) is 1.87. The molecule has 0 radical (unpaired) electrons. The minimum absolute atomic E-state index is 0.0121. The van der Waals surface area contributed by atoms with E-state index in [9.17, 15) is 0 Å². The number of aliphatic hydroxyl groups excluding tert-OH is 1. The fourth-order valence-corrected chi connectivity index (χ4v) is 2.66. The largest absolute Gasteiger partial charge is 0.486 e. The van der Waals surface area contributed by atoms with Crippen LogP contribution in [0.25, 0.3) is 10.2 Å². The summed E-state index contributed by atoms with van der Waals surface area (Å²) in [5.41, 5.74) is 6.69. The van der Waals surface area contributed by atoms with Gasteiger partial charge in [0.1, 0.15) is 23.0 Å². The summed E-state index contributed by atoms with van der Waals surface area (Å²) >= 11 is 1.52. The molecule has 0 aliphatic carbocycles. The highest BCUT2D eigenvalue weighted by atomic mass is 32.1. The Kier molecular flexibility index (Phi) is 3.49. The molecule has 0 bridgehead atoms. The average molecular weight is 287 g/mol. The lowest BCUT2D eigenvalue weighted by Crippen LogP contribution is -2.04. The molecule has 2 heterocycles. The molecule has 2 aromatic heterocycles. The SMILES string of the molecule is Nc1nc(COc2cccc(CO)c2)nc2sccc12. The standard InChI is InChI=1S/C14H13N3O2S/c15-13-11-4-5-20-14(11)17-12(16-13)8-19-10-3-1-2-9(6-10)7-18/h1-6,18H,7-8H2,(H2,15,16,17). The summed E-state index contributed by atoms with van der Waals surface area (Å²) < 4.78 is 5.63. The molecule has 6 heteroatoms. The number of hydrogen-bond donors (Lipinski definition) is 2. The second-order valence-corrected chi connectivity index (χ2v) is 5.15. The lowest BCUT2D eigenvalue weighted by atomic mass is 10.2. The van der Waals surface area contributed by atoms with E-state index in [1.807, 2.05) is 29.6 Å². The molecule has 0 fully saturated rings. The number of ether oxygens (including phenoxy) is 1. The van der Waals surface area contributed by atoms with Gasteiger partial charge in [0.2, 0.25) is 0 Å². The Morgan fingerprint density at radius 1 is 1.25 bits per heavy atom. The van der Waals surface area contributed by atoms with Crippen molar-refractivity contribution >= 4 is 27.4 Å². The van der Waals surface area contributed by atoms with E-state index in [0.29, 0.717) is 17.4 Å². The van der Waals surface area contributed by atoms with Gasteiger partial charge in [-0.1, -0.05) is 12.1 Å². The molecule has 0 unspecified atom stereocenters. The Bertz CT molecular complexity index is 742. The van der Waals surface area contributed by atoms with Gasteiger partial charge in [-0.25, -0.2) is 9.97 Å². The first-order chi connectivity index (χ1) is 9.76. The number of aromatic nitrogens is 2. The molecule has 0 saturated heterocycles. The van der Waals surface area contributed by atoms with E-state index in [1.165, 1.54) is 11.3 Å². The van der Waals surface area contributed by atoms with Gasteiger partial charge in [0.05, 0.1) is 12.0 Å². The summed E-state index contributed by atoms with van der Waals surface area (Å²) in [7, 11) is 0. The van der Waals surface area contributed by atoms with Crippen LogP contribution < -0.4 is 10.5 Å². The van der Waals surface area contributed by atoms with E-state index in [-0.39, 0.29) is 13.2 Å². The van der Waals surface area contributed by atoms with Crippen LogP contribution in [0.1, 0.15) is 11.4 Å². The Morgan fingerprint density at radius 2 is 2.15 bits per heavy atom. The Hall–Kier alpha value is -2.18. The van der Waals surface area contributed by atoms with E-state index in [4.69, 9.17) is 15.6 Å². The van der Waals surface area contributed by atoms with Crippen LogP contribution in [0.15, 0.2) is 35.7 Å². The van der Waals surface area contributed by atoms with E-state index >= 15 is 0 Å². The van der Waals surface area contributed by atoms with Crippen LogP contribution >= 0.6 is 11.3 Å². The summed E-state index contributed by atoms with van der Waals surface area (Å²) in [4.78, 5) is 9.50. The van der Waals surface area contributed by atoms with Gasteiger partial charge in [-0.2, -0.15) is 0 Å². The number of nitrogen functional groups attached to an aromatic ring is 1. The van der Waals surface area contributed by atoms with Crippen LogP contribution in [0.3, 0.4) is 0 Å². The van der Waals surface area contributed by atoms with Crippen molar-refractivity contribution in [2.24, 2.45) is 0 Å². The summed E-state index contributed by atoms with van der Waals surface area (Å²) in [6, 6.07) is 9.18. The van der Waals surface area contributed by atoms with E-state index in [2.05, 4.69) is 9.97 Å². The molecule has 3 aromatic rings. The monoisotopic (exact) mass is 287 g/mol. The van der Waals surface area contributed by atoms with Crippen LogP contribution in [0.2, 0.25) is 0 Å². The highest BCUT2D eigenvalue weighted by molar-refractivity contribution is 7.16. The highest BCUT2D eigenvalue weighted by Gasteiger charge is 2.07. The third-order valence-electron chi connectivity index (χ3n) is 2.85. The molecular formula is C14H13N3O2S. The van der Waals surface area contributed by atoms with E-state index in [1.54, 1.807) is 6.07 Å². The van der Waals surface area contributed by atoms with Gasteiger partial charge >= 0.3 is 0 Å². The van der Waals surface area contributed by atoms with Crippen LogP contribution in [-0.2, 0) is 13.2 Å². The zero-order valence-electron chi connectivity index (χ0n) is 10.6. The number of fused-ring (bicyclic) bond motifs is 1. The predicted molar refractivity (Wildman–Crippen MR) is 78.5 cm³/mol. The van der Waals surface area contributed by atoms with Crippen LogP contribution in [0.4, 0.5) is 5.82 Å². The lowest BCUT2D eigenvalue weighted by Gasteiger charge is -2.07. The minimum Gasteiger partial charge on any atom is -0.486 e. The predicted octanol–water partition coefficient (Wildman–Crippen LogP) is 2.34. The van der Waals surface area contributed by atoms with Gasteiger partial charge in [0.15, 0.2) is 5.82 Å². The zero-order chi connectivity index (χ0) is 13.9. The number of hydrogen-bond acceptors (Lipinski definition) is 6. The third-order valence-corrected chi connectivity index (χ3v) is 3.66. The molecule has 3 N–H and O–H groups in total. The van der Waals surface area contributed by atoms with Gasteiger partial charge in [-0.05, 0) is 29.1 Å². The number of benzene rings is 1. The molecule has 5 nitrogen and oxygen atoms in total. The Morgan fingerprint density at radius 3 is 3.00 bits per heavy atom. The number of anilines is 1. The van der Waals surface area contributed by atoms with Gasteiger partial charge in [-0.3, -0.25) is 0 Å². The fraction of sp³-hybridized carbons (Fsp3) is 0.143. The molecule has 1 aromatic carbocycles. The second-order valence-electron chi connectivity index (χ2n) is 4.26. The van der Waals surface area contributed by atoms with Crippen molar-refractivity contribution < 1.29 is 9.84 Å². The number of thiophene rings is 1. The molecule has 0 aliphatic heterocycles. The Labute approximate surface area is 119 Å². The summed E-state index contributed by atoms with van der Waals surface area (Å²) in [6.07, 6.45) is 0. The molecule has 0 amide bonds. The van der Waals surface area contributed by atoms with Gasteiger partial charge in [0, 0.05) is 0 Å².